The first-order valence-corrected chi connectivity index (χ1v) is 6.47. The monoisotopic (exact) mass is 286 g/mol. The molecule has 0 heterocycles. The zero-order valence-corrected chi connectivity index (χ0v) is 11.4. The predicted molar refractivity (Wildman–Crippen MR) is 70.7 cm³/mol. The first-order valence-electron chi connectivity index (χ1n) is 6.47. The van der Waals surface area contributed by atoms with E-state index in [1.54, 1.807) is 0 Å². The zero-order valence-electron chi connectivity index (χ0n) is 11.4. The van der Waals surface area contributed by atoms with Crippen LogP contribution in [0, 0.1) is 0 Å². The first-order chi connectivity index (χ1) is 9.27. The van der Waals surface area contributed by atoms with Crippen molar-refractivity contribution in [3.05, 3.63) is 29.3 Å². The standard InChI is InChI=1S/C14H17F3N2O/c1-13(7-4-8-13)19-12(20)9-5-3-6-10(11(9)18-2)14(15,16)17/h3,5-6,18H,4,7-8H2,1-2H3,(H,19,20). The van der Waals surface area contributed by atoms with Crippen molar-refractivity contribution in [3.63, 3.8) is 0 Å². The Kier molecular flexibility index (Phi) is 3.67. The molecule has 0 aliphatic heterocycles. The third-order valence-corrected chi connectivity index (χ3v) is 3.74. The van der Waals surface area contributed by atoms with Gasteiger partial charge in [-0.3, -0.25) is 4.79 Å². The number of para-hydroxylation sites is 1. The van der Waals surface area contributed by atoms with Crippen molar-refractivity contribution in [3.8, 4) is 0 Å². The normalized spacial score (nSPS) is 17.2. The highest BCUT2D eigenvalue weighted by Gasteiger charge is 2.37. The lowest BCUT2D eigenvalue weighted by Crippen LogP contribution is -2.51. The number of alkyl halides is 3. The van der Waals surface area contributed by atoms with E-state index in [1.165, 1.54) is 19.2 Å². The number of hydrogen-bond donors (Lipinski definition) is 2. The van der Waals surface area contributed by atoms with Crippen LogP contribution in [0.5, 0.6) is 0 Å². The molecule has 0 bridgehead atoms. The van der Waals surface area contributed by atoms with Crippen molar-refractivity contribution < 1.29 is 18.0 Å². The van der Waals surface area contributed by atoms with Gasteiger partial charge in [0.05, 0.1) is 16.8 Å². The maximum absolute atomic E-state index is 12.9. The molecule has 0 spiro atoms. The average Bonchev–Trinajstić information content (AvgIpc) is 2.34. The molecule has 2 rings (SSSR count). The molecule has 0 aromatic heterocycles. The molecule has 3 nitrogen and oxygen atoms in total. The zero-order chi connectivity index (χ0) is 15.0. The van der Waals surface area contributed by atoms with Crippen molar-refractivity contribution in [2.45, 2.75) is 37.9 Å². The summed E-state index contributed by atoms with van der Waals surface area (Å²) in [6.07, 6.45) is -1.76. The van der Waals surface area contributed by atoms with Crippen molar-refractivity contribution in [2.75, 3.05) is 12.4 Å². The molecule has 1 saturated carbocycles. The number of benzene rings is 1. The van der Waals surface area contributed by atoms with Crippen LogP contribution in [0.2, 0.25) is 0 Å². The molecule has 0 atom stereocenters. The SMILES string of the molecule is CNc1c(C(=O)NC2(C)CCC2)cccc1C(F)(F)F. The molecular formula is C14H17F3N2O. The minimum absolute atomic E-state index is 0.0236. The fourth-order valence-corrected chi connectivity index (χ4v) is 2.42. The predicted octanol–water partition coefficient (Wildman–Crippen LogP) is 3.42. The maximum Gasteiger partial charge on any atom is 0.418 e. The Bertz CT molecular complexity index is 522. The van der Waals surface area contributed by atoms with Gasteiger partial charge in [-0.05, 0) is 38.3 Å². The summed E-state index contributed by atoms with van der Waals surface area (Å²) in [5.74, 6) is -0.470. The van der Waals surface area contributed by atoms with Crippen LogP contribution >= 0.6 is 0 Å². The van der Waals surface area contributed by atoms with Crippen LogP contribution in [-0.4, -0.2) is 18.5 Å². The van der Waals surface area contributed by atoms with E-state index < -0.39 is 17.6 Å². The molecule has 20 heavy (non-hydrogen) atoms. The van der Waals surface area contributed by atoms with E-state index in [2.05, 4.69) is 10.6 Å². The number of anilines is 1. The Balaban J connectivity index is 2.34. The Morgan fingerprint density at radius 3 is 2.40 bits per heavy atom. The lowest BCUT2D eigenvalue weighted by molar-refractivity contribution is -0.136. The van der Waals surface area contributed by atoms with E-state index in [0.29, 0.717) is 0 Å². The summed E-state index contributed by atoms with van der Waals surface area (Å²) in [5.41, 5.74) is -1.28. The molecule has 1 aliphatic carbocycles. The molecule has 1 aromatic carbocycles. The molecule has 1 fully saturated rings. The van der Waals surface area contributed by atoms with Crippen LogP contribution in [0.1, 0.15) is 42.1 Å². The smallest absolute Gasteiger partial charge is 0.387 e. The summed E-state index contributed by atoms with van der Waals surface area (Å²) < 4.78 is 38.8. The summed E-state index contributed by atoms with van der Waals surface area (Å²) in [4.78, 5) is 12.2. The second-order valence-corrected chi connectivity index (χ2v) is 5.34. The molecular weight excluding hydrogens is 269 g/mol. The third kappa shape index (κ3) is 2.73. The van der Waals surface area contributed by atoms with Gasteiger partial charge in [-0.2, -0.15) is 13.2 Å². The fraction of sp³-hybridized carbons (Fsp3) is 0.500. The minimum Gasteiger partial charge on any atom is -0.387 e. The van der Waals surface area contributed by atoms with Crippen LogP contribution < -0.4 is 10.6 Å². The summed E-state index contributed by atoms with van der Waals surface area (Å²) in [5, 5.41) is 5.31. The van der Waals surface area contributed by atoms with Gasteiger partial charge in [0.2, 0.25) is 0 Å². The van der Waals surface area contributed by atoms with Gasteiger partial charge >= 0.3 is 6.18 Å². The highest BCUT2D eigenvalue weighted by Crippen LogP contribution is 2.37. The molecule has 0 radical (unpaired) electrons. The van der Waals surface area contributed by atoms with E-state index in [-0.39, 0.29) is 16.8 Å². The van der Waals surface area contributed by atoms with Crippen molar-refractivity contribution >= 4 is 11.6 Å². The van der Waals surface area contributed by atoms with E-state index in [9.17, 15) is 18.0 Å². The summed E-state index contributed by atoms with van der Waals surface area (Å²) in [6, 6.07) is 3.62. The van der Waals surface area contributed by atoms with Gasteiger partial charge in [0.1, 0.15) is 0 Å². The number of hydrogen-bond acceptors (Lipinski definition) is 2. The quantitative estimate of drug-likeness (QED) is 0.894. The summed E-state index contributed by atoms with van der Waals surface area (Å²) in [6.45, 7) is 1.90. The molecule has 2 N–H and O–H groups in total. The van der Waals surface area contributed by atoms with Crippen LogP contribution in [0.4, 0.5) is 18.9 Å². The lowest BCUT2D eigenvalue weighted by Gasteiger charge is -2.39. The highest BCUT2D eigenvalue weighted by molar-refractivity contribution is 6.00. The third-order valence-electron chi connectivity index (χ3n) is 3.74. The van der Waals surface area contributed by atoms with Crippen LogP contribution in [0.25, 0.3) is 0 Å². The molecule has 1 aliphatic rings. The number of amides is 1. The number of rotatable bonds is 3. The van der Waals surface area contributed by atoms with Gasteiger partial charge in [0.25, 0.3) is 5.91 Å². The van der Waals surface area contributed by atoms with Crippen LogP contribution in [0.3, 0.4) is 0 Å². The number of carbonyl (C=O) groups is 1. The first kappa shape index (κ1) is 14.7. The van der Waals surface area contributed by atoms with E-state index in [1.807, 2.05) is 6.92 Å². The van der Waals surface area contributed by atoms with Crippen LogP contribution in [0.15, 0.2) is 18.2 Å². The molecule has 1 aromatic rings. The maximum atomic E-state index is 12.9. The summed E-state index contributed by atoms with van der Waals surface area (Å²) in [7, 11) is 1.38. The molecule has 6 heteroatoms. The average molecular weight is 286 g/mol. The van der Waals surface area contributed by atoms with Crippen molar-refractivity contribution in [1.29, 1.82) is 0 Å². The van der Waals surface area contributed by atoms with Gasteiger partial charge < -0.3 is 10.6 Å². The Labute approximate surface area is 115 Å². The molecule has 1 amide bonds. The Morgan fingerprint density at radius 2 is 1.95 bits per heavy atom. The molecule has 0 unspecified atom stereocenters. The number of carbonyl (C=O) groups excluding carboxylic acids is 1. The van der Waals surface area contributed by atoms with E-state index in [4.69, 9.17) is 0 Å². The fourth-order valence-electron chi connectivity index (χ4n) is 2.42. The number of halogens is 3. The summed E-state index contributed by atoms with van der Waals surface area (Å²) >= 11 is 0. The van der Waals surface area contributed by atoms with E-state index in [0.717, 1.165) is 25.3 Å². The molecule has 0 saturated heterocycles. The van der Waals surface area contributed by atoms with Gasteiger partial charge in [-0.1, -0.05) is 6.07 Å². The largest absolute Gasteiger partial charge is 0.418 e. The second-order valence-electron chi connectivity index (χ2n) is 5.34. The number of nitrogens with one attached hydrogen (secondary N) is 2. The van der Waals surface area contributed by atoms with Crippen molar-refractivity contribution in [1.82, 2.24) is 5.32 Å². The highest BCUT2D eigenvalue weighted by atomic mass is 19.4. The van der Waals surface area contributed by atoms with Gasteiger partial charge in [-0.25, -0.2) is 0 Å². The molecule has 110 valence electrons. The second kappa shape index (κ2) is 5.00. The van der Waals surface area contributed by atoms with Crippen LogP contribution in [-0.2, 0) is 6.18 Å². The Morgan fingerprint density at radius 1 is 1.30 bits per heavy atom. The van der Waals surface area contributed by atoms with Gasteiger partial charge in [0.15, 0.2) is 0 Å². The Hall–Kier alpha value is -1.72. The lowest BCUT2D eigenvalue weighted by atomic mass is 9.78. The topological polar surface area (TPSA) is 41.1 Å². The van der Waals surface area contributed by atoms with Gasteiger partial charge in [0, 0.05) is 12.6 Å². The minimum atomic E-state index is -4.49. The van der Waals surface area contributed by atoms with E-state index >= 15 is 0 Å². The van der Waals surface area contributed by atoms with Crippen molar-refractivity contribution in [2.24, 2.45) is 0 Å². The van der Waals surface area contributed by atoms with Gasteiger partial charge in [-0.15, -0.1) is 0 Å².